The van der Waals surface area contributed by atoms with Crippen molar-refractivity contribution >= 4 is 5.69 Å². The SMILES string of the molecule is O=[N+]([O-])c1cccc(F)c1C1(CO)CC1. The third-order valence-electron chi connectivity index (χ3n) is 2.87. The maximum Gasteiger partial charge on any atom is 0.276 e. The fourth-order valence-electron chi connectivity index (χ4n) is 1.83. The molecule has 0 aliphatic heterocycles. The van der Waals surface area contributed by atoms with Crippen molar-refractivity contribution in [1.82, 2.24) is 0 Å². The summed E-state index contributed by atoms with van der Waals surface area (Å²) in [5.74, 6) is -0.601. The Hall–Kier alpha value is -1.49. The van der Waals surface area contributed by atoms with Gasteiger partial charge in [-0.2, -0.15) is 0 Å². The number of aliphatic hydroxyl groups is 1. The van der Waals surface area contributed by atoms with E-state index in [1.807, 2.05) is 0 Å². The first kappa shape index (κ1) is 10.0. The molecule has 1 saturated carbocycles. The van der Waals surface area contributed by atoms with Crippen LogP contribution >= 0.6 is 0 Å². The second kappa shape index (κ2) is 3.27. The fourth-order valence-corrected chi connectivity index (χ4v) is 1.83. The molecule has 0 heterocycles. The van der Waals surface area contributed by atoms with Gasteiger partial charge in [-0.25, -0.2) is 4.39 Å². The highest BCUT2D eigenvalue weighted by molar-refractivity contribution is 5.49. The van der Waals surface area contributed by atoms with Crippen molar-refractivity contribution in [3.63, 3.8) is 0 Å². The molecule has 1 aromatic carbocycles. The number of hydrogen-bond acceptors (Lipinski definition) is 3. The van der Waals surface area contributed by atoms with Crippen LogP contribution in [0.2, 0.25) is 0 Å². The summed E-state index contributed by atoms with van der Waals surface area (Å²) in [6.07, 6.45) is 1.20. The Morgan fingerprint density at radius 1 is 1.53 bits per heavy atom. The molecule has 0 unspecified atom stereocenters. The van der Waals surface area contributed by atoms with Gasteiger partial charge in [-0.3, -0.25) is 10.1 Å². The second-order valence-electron chi connectivity index (χ2n) is 3.83. The molecule has 0 amide bonds. The zero-order valence-electron chi connectivity index (χ0n) is 7.94. The number of nitro benzene ring substituents is 1. The molecule has 0 saturated heterocycles. The second-order valence-corrected chi connectivity index (χ2v) is 3.83. The van der Waals surface area contributed by atoms with Crippen molar-refractivity contribution < 1.29 is 14.4 Å². The van der Waals surface area contributed by atoms with Crippen molar-refractivity contribution in [3.8, 4) is 0 Å². The average molecular weight is 211 g/mol. The molecule has 0 atom stereocenters. The van der Waals surface area contributed by atoms with Crippen molar-refractivity contribution in [2.45, 2.75) is 18.3 Å². The first-order valence-corrected chi connectivity index (χ1v) is 4.65. The largest absolute Gasteiger partial charge is 0.395 e. The van der Waals surface area contributed by atoms with Gasteiger partial charge < -0.3 is 5.11 Å². The number of hydrogen-bond donors (Lipinski definition) is 1. The van der Waals surface area contributed by atoms with E-state index in [4.69, 9.17) is 5.11 Å². The topological polar surface area (TPSA) is 63.4 Å². The number of aliphatic hydroxyl groups excluding tert-OH is 1. The molecule has 1 aromatic rings. The van der Waals surface area contributed by atoms with Crippen LogP contribution in [0.5, 0.6) is 0 Å². The maximum atomic E-state index is 13.5. The minimum atomic E-state index is -0.715. The van der Waals surface area contributed by atoms with Gasteiger partial charge in [0.25, 0.3) is 5.69 Å². The Labute approximate surface area is 85.5 Å². The number of rotatable bonds is 3. The molecule has 0 aromatic heterocycles. The van der Waals surface area contributed by atoms with E-state index in [-0.39, 0.29) is 17.9 Å². The quantitative estimate of drug-likeness (QED) is 0.612. The predicted molar refractivity (Wildman–Crippen MR) is 51.1 cm³/mol. The Morgan fingerprint density at radius 2 is 2.20 bits per heavy atom. The molecule has 80 valence electrons. The zero-order chi connectivity index (χ0) is 11.1. The van der Waals surface area contributed by atoms with Gasteiger partial charge in [-0.15, -0.1) is 0 Å². The van der Waals surface area contributed by atoms with Crippen LogP contribution < -0.4 is 0 Å². The summed E-state index contributed by atoms with van der Waals surface area (Å²) >= 11 is 0. The summed E-state index contributed by atoms with van der Waals surface area (Å²) in [7, 11) is 0. The predicted octanol–water partition coefficient (Wildman–Crippen LogP) is 1.76. The van der Waals surface area contributed by atoms with Gasteiger partial charge in [0.1, 0.15) is 5.82 Å². The molecular formula is C10H10FNO3. The minimum Gasteiger partial charge on any atom is -0.395 e. The van der Waals surface area contributed by atoms with Crippen LogP contribution in [-0.4, -0.2) is 16.6 Å². The Balaban J connectivity index is 2.58. The van der Waals surface area contributed by atoms with Crippen LogP contribution in [0.4, 0.5) is 10.1 Å². The summed E-state index contributed by atoms with van der Waals surface area (Å²) in [5, 5.41) is 19.9. The molecule has 1 N–H and O–H groups in total. The van der Waals surface area contributed by atoms with E-state index in [2.05, 4.69) is 0 Å². The van der Waals surface area contributed by atoms with Gasteiger partial charge in [0.15, 0.2) is 0 Å². The van der Waals surface area contributed by atoms with E-state index in [9.17, 15) is 14.5 Å². The normalized spacial score (nSPS) is 17.5. The summed E-state index contributed by atoms with van der Waals surface area (Å²) < 4.78 is 13.5. The van der Waals surface area contributed by atoms with Crippen molar-refractivity contribution in [3.05, 3.63) is 39.7 Å². The maximum absolute atomic E-state index is 13.5. The van der Waals surface area contributed by atoms with E-state index in [0.717, 1.165) is 0 Å². The number of nitrogens with zero attached hydrogens (tertiary/aromatic N) is 1. The first-order chi connectivity index (χ1) is 7.10. The lowest BCUT2D eigenvalue weighted by molar-refractivity contribution is -0.386. The van der Waals surface area contributed by atoms with Gasteiger partial charge in [0.05, 0.1) is 17.1 Å². The molecule has 0 bridgehead atoms. The summed E-state index contributed by atoms with van der Waals surface area (Å²) in [4.78, 5) is 10.1. The standard InChI is InChI=1S/C10H10FNO3/c11-7-2-1-3-8(12(14)15)9(7)10(6-13)4-5-10/h1-3,13H,4-6H2. The van der Waals surface area contributed by atoms with Crippen LogP contribution in [0.3, 0.4) is 0 Å². The fraction of sp³-hybridized carbons (Fsp3) is 0.400. The highest BCUT2D eigenvalue weighted by atomic mass is 19.1. The molecule has 0 spiro atoms. The van der Waals surface area contributed by atoms with Crippen molar-refractivity contribution in [2.24, 2.45) is 0 Å². The van der Waals surface area contributed by atoms with Gasteiger partial charge >= 0.3 is 0 Å². The number of nitro groups is 1. The molecule has 1 aliphatic carbocycles. The van der Waals surface area contributed by atoms with Crippen LogP contribution in [0, 0.1) is 15.9 Å². The Kier molecular flexibility index (Phi) is 2.19. The third-order valence-corrected chi connectivity index (χ3v) is 2.87. The summed E-state index contributed by atoms with van der Waals surface area (Å²) in [6.45, 7) is -0.241. The molecule has 15 heavy (non-hydrogen) atoms. The van der Waals surface area contributed by atoms with Crippen LogP contribution in [0.1, 0.15) is 18.4 Å². The lowest BCUT2D eigenvalue weighted by atomic mass is 9.94. The molecule has 2 rings (SSSR count). The molecule has 0 radical (unpaired) electrons. The van der Waals surface area contributed by atoms with E-state index in [1.54, 1.807) is 0 Å². The molecule has 1 aliphatic rings. The van der Waals surface area contributed by atoms with Crippen LogP contribution in [-0.2, 0) is 5.41 Å². The van der Waals surface area contributed by atoms with Crippen LogP contribution in [0.15, 0.2) is 18.2 Å². The monoisotopic (exact) mass is 211 g/mol. The van der Waals surface area contributed by atoms with E-state index in [0.29, 0.717) is 12.8 Å². The highest BCUT2D eigenvalue weighted by Gasteiger charge is 2.49. The van der Waals surface area contributed by atoms with Gasteiger partial charge in [0.2, 0.25) is 0 Å². The highest BCUT2D eigenvalue weighted by Crippen LogP contribution is 2.51. The lowest BCUT2D eigenvalue weighted by Gasteiger charge is -2.12. The van der Waals surface area contributed by atoms with E-state index in [1.165, 1.54) is 18.2 Å². The molecular weight excluding hydrogens is 201 g/mol. The van der Waals surface area contributed by atoms with Gasteiger partial charge in [0, 0.05) is 11.5 Å². The minimum absolute atomic E-state index is 0.0532. The average Bonchev–Trinajstić information content (AvgIpc) is 2.98. The Morgan fingerprint density at radius 3 is 2.67 bits per heavy atom. The number of benzene rings is 1. The van der Waals surface area contributed by atoms with Crippen LogP contribution in [0.25, 0.3) is 0 Å². The summed E-state index contributed by atoms with van der Waals surface area (Å²) in [6, 6.07) is 3.77. The Bertz CT molecular complexity index is 415. The number of halogens is 1. The zero-order valence-corrected chi connectivity index (χ0v) is 7.94. The third kappa shape index (κ3) is 1.48. The smallest absolute Gasteiger partial charge is 0.276 e. The van der Waals surface area contributed by atoms with Gasteiger partial charge in [-0.1, -0.05) is 6.07 Å². The molecule has 1 fully saturated rings. The van der Waals surface area contributed by atoms with E-state index < -0.39 is 16.2 Å². The molecule has 4 nitrogen and oxygen atoms in total. The lowest BCUT2D eigenvalue weighted by Crippen LogP contribution is -2.16. The van der Waals surface area contributed by atoms with Gasteiger partial charge in [-0.05, 0) is 18.9 Å². The van der Waals surface area contributed by atoms with Crippen molar-refractivity contribution in [2.75, 3.05) is 6.61 Å². The van der Waals surface area contributed by atoms with E-state index >= 15 is 0 Å². The first-order valence-electron chi connectivity index (χ1n) is 4.65. The summed E-state index contributed by atoms with van der Waals surface area (Å²) in [5.41, 5.74) is -0.896. The molecule has 5 heteroatoms. The van der Waals surface area contributed by atoms with Crippen molar-refractivity contribution in [1.29, 1.82) is 0 Å².